The predicted molar refractivity (Wildman–Crippen MR) is 223 cm³/mol. The molecular formula is C38H63O30+. The maximum absolute atomic E-state index is 10.0. The summed E-state index contributed by atoms with van der Waals surface area (Å²) in [6.45, 7) is -3.90. The van der Waals surface area contributed by atoms with Crippen molar-refractivity contribution in [3.05, 3.63) is 71.2 Å². The molecule has 30 nitrogen and oxygen atoms in total. The highest BCUT2D eigenvalue weighted by atomic mass is 16.7. The van der Waals surface area contributed by atoms with Crippen LogP contribution in [0, 0.1) is 12.8 Å². The van der Waals surface area contributed by atoms with E-state index in [-0.39, 0.29) is 59.3 Å². The van der Waals surface area contributed by atoms with Gasteiger partial charge in [0.2, 0.25) is 5.79 Å². The van der Waals surface area contributed by atoms with E-state index in [1.165, 1.54) is 18.2 Å². The lowest BCUT2D eigenvalue weighted by molar-refractivity contribution is -0.248. The molecule has 0 aromatic carbocycles. The Hall–Kier alpha value is -5.16. The Morgan fingerprint density at radius 3 is 1.41 bits per heavy atom. The zero-order chi connectivity index (χ0) is 50.4. The Morgan fingerprint density at radius 1 is 0.706 bits per heavy atom. The van der Waals surface area contributed by atoms with Crippen LogP contribution in [0.1, 0.15) is 32.6 Å². The summed E-state index contributed by atoms with van der Waals surface area (Å²) in [5, 5.41) is 157. The maximum atomic E-state index is 10.0. The van der Waals surface area contributed by atoms with Crippen molar-refractivity contribution in [3.63, 3.8) is 0 Å². The van der Waals surface area contributed by atoms with Gasteiger partial charge in [-0.1, -0.05) is 0 Å². The summed E-state index contributed by atoms with van der Waals surface area (Å²) in [5.41, 5.74) is 0. The Kier molecular flexibility index (Phi) is 41.0. The highest BCUT2D eigenvalue weighted by Crippen LogP contribution is 2.28. The Labute approximate surface area is 384 Å². The van der Waals surface area contributed by atoms with Crippen molar-refractivity contribution < 1.29 is 151 Å². The van der Waals surface area contributed by atoms with Crippen LogP contribution < -0.4 is 0 Å². The summed E-state index contributed by atoms with van der Waals surface area (Å²) in [6.07, 6.45) is -2.28. The number of terminal acetylenes is 1. The van der Waals surface area contributed by atoms with Gasteiger partial charge in [-0.3, -0.25) is 19.2 Å². The number of allylic oxidation sites excluding steroid dienone is 1. The molecular weight excluding hydrogens is 936 g/mol. The fraction of sp³-hybridized carbons (Fsp3) is 0.526. The van der Waals surface area contributed by atoms with E-state index >= 15 is 0 Å². The van der Waals surface area contributed by atoms with Gasteiger partial charge in [-0.05, 0) is 30.3 Å². The Bertz CT molecular complexity index is 1660. The summed E-state index contributed by atoms with van der Waals surface area (Å²) < 4.78 is 23.7. The smallest absolute Gasteiger partial charge is 0.348 e. The molecule has 0 radical (unpaired) electrons. The zero-order valence-electron chi connectivity index (χ0n) is 35.6. The molecule has 5 heterocycles. The van der Waals surface area contributed by atoms with E-state index in [9.17, 15) is 19.5 Å². The minimum absolute atomic E-state index is 0. The van der Waals surface area contributed by atoms with Crippen molar-refractivity contribution in [1.82, 2.24) is 0 Å². The Balaban J connectivity index is -0.000000230. The topological polar surface area (TPSA) is 585 Å². The summed E-state index contributed by atoms with van der Waals surface area (Å²) in [4.78, 5) is 38.7. The lowest BCUT2D eigenvalue weighted by Crippen LogP contribution is -2.46. The molecule has 5 rings (SSSR count). The summed E-state index contributed by atoms with van der Waals surface area (Å²) in [5.74, 6) is -1.61. The van der Waals surface area contributed by atoms with Crippen molar-refractivity contribution in [2.45, 2.75) is 86.1 Å². The first-order chi connectivity index (χ1) is 30.8. The lowest BCUT2D eigenvalue weighted by atomic mass is 10.1. The first-order valence-corrected chi connectivity index (χ1v) is 18.3. The molecule has 25 N–H and O–H groups in total. The van der Waals surface area contributed by atoms with Crippen molar-refractivity contribution in [1.29, 1.82) is 0 Å². The summed E-state index contributed by atoms with van der Waals surface area (Å²) >= 11 is 0. The molecule has 0 aliphatic carbocycles. The number of ether oxygens (including phenoxy) is 3. The highest BCUT2D eigenvalue weighted by molar-refractivity contribution is 5.85. The second-order valence-electron chi connectivity index (χ2n) is 12.6. The fourth-order valence-corrected chi connectivity index (χ4v) is 4.55. The van der Waals surface area contributed by atoms with E-state index in [4.69, 9.17) is 110 Å². The molecule has 5 unspecified atom stereocenters. The Morgan fingerprint density at radius 2 is 1.18 bits per heavy atom. The number of aliphatic hydroxyl groups is 18. The van der Waals surface area contributed by atoms with Gasteiger partial charge in [0.05, 0.1) is 33.0 Å². The molecule has 0 saturated carbocycles. The van der Waals surface area contributed by atoms with Gasteiger partial charge in [-0.2, -0.15) is 0 Å². The van der Waals surface area contributed by atoms with Crippen LogP contribution >= 0.6 is 0 Å². The number of carbonyl (C=O) groups is 3. The van der Waals surface area contributed by atoms with Crippen molar-refractivity contribution in [2.75, 3.05) is 39.6 Å². The van der Waals surface area contributed by atoms with E-state index in [2.05, 4.69) is 17.6 Å². The van der Waals surface area contributed by atoms with Crippen LogP contribution in [0.4, 0.5) is 0 Å². The SMILES string of the molecule is C#C.O.O.O.O/C=C1\OC(CO)[C@@H](O)[C@@H]1O.O=CC1=C[C@H](O)C(CO)O1.O=Cc1ccc(CO)o1.O=Cc1ccc(CO)o1.OCC(=[OH+])[C@@H](O)[C@H](O)C(O)CO.OCC1OC(O)(CO)[C@@H](O)[C@@H]1O. The van der Waals surface area contributed by atoms with E-state index in [0.717, 1.165) is 0 Å². The zero-order valence-corrected chi connectivity index (χ0v) is 35.6. The van der Waals surface area contributed by atoms with Crippen LogP contribution in [-0.4, -0.2) is 250 Å². The van der Waals surface area contributed by atoms with Crippen molar-refractivity contribution in [3.8, 4) is 12.8 Å². The third-order valence-corrected chi connectivity index (χ3v) is 8.14. The minimum atomic E-state index is -2.16. The standard InChI is InChI=1S/2C6H12O6.C6H10O5.C6H8O4.2C6H6O3.C2H2.3H2O/c7-1-3-4(9)5(10)6(11,2-8)12-3;7-1-3(9)5(11)6(12)4(10)2-8;7-1-3-5(9)6(10)4(2-8)11-3;7-2-4-1-5(9)6(3-8)10-4;2*7-3-5-1-2-6(4-8)9-5;1-2;;;/h3-5,7-11H,1-2H2;3,5-9,11-12H,1-2H2;1,4-10H,2H2;1-2,5-6,8-9H,3H2;2*1-3,8H,4H2;1-2H;3*1H2/p+1/b;;3-1-;;;;;;;/t3?,4-,5+,6?;3?,5-,6-;4?,5-,6-;5-,6?;;;;;;/m1110....../s1. The van der Waals surface area contributed by atoms with Gasteiger partial charge in [0.1, 0.15) is 79.8 Å². The molecule has 2 fully saturated rings. The molecule has 12 atom stereocenters. The third-order valence-electron chi connectivity index (χ3n) is 8.14. The molecule has 2 saturated heterocycles. The molecule has 0 bridgehead atoms. The van der Waals surface area contributed by atoms with Gasteiger partial charge >= 0.3 is 5.78 Å². The van der Waals surface area contributed by atoms with Crippen LogP contribution in [0.2, 0.25) is 0 Å². The van der Waals surface area contributed by atoms with Crippen LogP contribution in [0.3, 0.4) is 0 Å². The number of hydrogen-bond acceptors (Lipinski definition) is 26. The van der Waals surface area contributed by atoms with E-state index in [0.29, 0.717) is 36.6 Å². The molecule has 2 aromatic rings. The number of hydrogen-bond donors (Lipinski definition) is 18. The van der Waals surface area contributed by atoms with Crippen molar-refractivity contribution >= 4 is 24.6 Å². The van der Waals surface area contributed by atoms with E-state index in [1.807, 2.05) is 0 Å². The first-order valence-electron chi connectivity index (χ1n) is 18.3. The second kappa shape index (κ2) is 38.8. The van der Waals surface area contributed by atoms with Crippen LogP contribution in [-0.2, 0) is 32.2 Å². The van der Waals surface area contributed by atoms with Crippen LogP contribution in [0.5, 0.6) is 0 Å². The molecule has 68 heavy (non-hydrogen) atoms. The number of furan rings is 2. The number of rotatable bonds is 14. The van der Waals surface area contributed by atoms with Gasteiger partial charge in [-0.15, -0.1) is 12.8 Å². The third kappa shape index (κ3) is 23.2. The minimum Gasteiger partial charge on any atom is -0.512 e. The fourth-order valence-electron chi connectivity index (χ4n) is 4.55. The van der Waals surface area contributed by atoms with Gasteiger partial charge in [0, 0.05) is 0 Å². The number of carbonyl (C=O) groups excluding carboxylic acids is 4. The quantitative estimate of drug-likeness (QED) is 0.0362. The average molecular weight is 1000 g/mol. The van der Waals surface area contributed by atoms with E-state index < -0.39 is 112 Å². The maximum Gasteiger partial charge on any atom is 0.348 e. The monoisotopic (exact) mass is 999 g/mol. The normalized spacial score (nSPS) is 25.5. The van der Waals surface area contributed by atoms with Crippen LogP contribution in [0.15, 0.2) is 57.0 Å². The van der Waals surface area contributed by atoms with Gasteiger partial charge < -0.3 is 131 Å². The lowest BCUT2D eigenvalue weighted by Gasteiger charge is -2.22. The average Bonchev–Trinajstić information content (AvgIpc) is 4.19. The van der Waals surface area contributed by atoms with Crippen molar-refractivity contribution in [2.24, 2.45) is 0 Å². The molecule has 3 aliphatic heterocycles. The number of aldehydes is 3. The molecule has 30 heteroatoms. The largest absolute Gasteiger partial charge is 0.512 e. The van der Waals surface area contributed by atoms with E-state index in [1.54, 1.807) is 12.1 Å². The van der Waals surface area contributed by atoms with Gasteiger partial charge in [0.25, 0.3) is 0 Å². The van der Waals surface area contributed by atoms with Gasteiger partial charge in [-0.25, -0.2) is 0 Å². The van der Waals surface area contributed by atoms with Crippen LogP contribution in [0.25, 0.3) is 0 Å². The molecule has 3 aliphatic rings. The molecule has 394 valence electrons. The first kappa shape index (κ1) is 71.8. The predicted octanol–water partition coefficient (Wildman–Crippen LogP) is -10.4. The number of aliphatic hydroxyl groups excluding tert-OH is 17. The summed E-state index contributed by atoms with van der Waals surface area (Å²) in [7, 11) is 0. The molecule has 0 spiro atoms. The number of ketones is 1. The second-order valence-corrected chi connectivity index (χ2v) is 12.6. The summed E-state index contributed by atoms with van der Waals surface area (Å²) in [6, 6.07) is 6.14. The highest BCUT2D eigenvalue weighted by Gasteiger charge is 2.52. The molecule has 0 amide bonds. The van der Waals surface area contributed by atoms with Gasteiger partial charge in [0.15, 0.2) is 66.8 Å². The molecule has 2 aromatic heterocycles.